The van der Waals surface area contributed by atoms with E-state index in [0.29, 0.717) is 13.1 Å². The third-order valence-corrected chi connectivity index (χ3v) is 4.31. The lowest BCUT2D eigenvalue weighted by molar-refractivity contribution is -0.136. The number of rotatable bonds is 4. The number of hydrogen-bond donors (Lipinski definition) is 1. The number of piperidine rings is 1. The molecular formula is C14H23N3O2. The van der Waals surface area contributed by atoms with Gasteiger partial charge in [-0.15, -0.1) is 0 Å². The van der Waals surface area contributed by atoms with E-state index in [-0.39, 0.29) is 17.9 Å². The Labute approximate surface area is 114 Å². The molecule has 5 nitrogen and oxygen atoms in total. The van der Waals surface area contributed by atoms with Crippen molar-refractivity contribution in [2.24, 2.45) is 5.41 Å². The van der Waals surface area contributed by atoms with Gasteiger partial charge in [0, 0.05) is 30.4 Å². The molecule has 5 heteroatoms. The lowest BCUT2D eigenvalue weighted by Gasteiger charge is -2.41. The molecule has 0 saturated carbocycles. The van der Waals surface area contributed by atoms with Crippen molar-refractivity contribution in [2.45, 2.75) is 39.7 Å². The van der Waals surface area contributed by atoms with E-state index >= 15 is 0 Å². The Kier molecular flexibility index (Phi) is 4.24. The summed E-state index contributed by atoms with van der Waals surface area (Å²) in [7, 11) is 0. The fourth-order valence-corrected chi connectivity index (χ4v) is 2.74. The van der Waals surface area contributed by atoms with Gasteiger partial charge in [-0.2, -0.15) is 5.10 Å². The number of hydrogen-bond acceptors (Lipinski definition) is 3. The predicted molar refractivity (Wildman–Crippen MR) is 72.6 cm³/mol. The summed E-state index contributed by atoms with van der Waals surface area (Å²) < 4.78 is 1.73. The zero-order valence-corrected chi connectivity index (χ0v) is 11.8. The number of likely N-dealkylation sites (tertiary alicyclic amines) is 1. The van der Waals surface area contributed by atoms with Crippen LogP contribution in [0.1, 0.15) is 31.9 Å². The lowest BCUT2D eigenvalue weighted by Crippen LogP contribution is -2.48. The van der Waals surface area contributed by atoms with Crippen LogP contribution in [0.5, 0.6) is 0 Å². The molecular weight excluding hydrogens is 242 g/mol. The number of aryl methyl sites for hydroxylation is 1. The zero-order valence-electron chi connectivity index (χ0n) is 11.8. The highest BCUT2D eigenvalue weighted by molar-refractivity contribution is 5.76. The Hall–Kier alpha value is -1.36. The molecule has 2 rings (SSSR count). The maximum Gasteiger partial charge on any atom is 0.244 e. The average molecular weight is 265 g/mol. The van der Waals surface area contributed by atoms with Crippen molar-refractivity contribution in [3.63, 3.8) is 0 Å². The van der Waals surface area contributed by atoms with Gasteiger partial charge >= 0.3 is 0 Å². The van der Waals surface area contributed by atoms with Gasteiger partial charge in [0.05, 0.1) is 6.61 Å². The number of aliphatic hydroxyl groups excluding tert-OH is 1. The molecule has 2 heterocycles. The molecule has 106 valence electrons. The van der Waals surface area contributed by atoms with Crippen molar-refractivity contribution in [3.05, 3.63) is 18.0 Å². The number of carbonyl (C=O) groups is 1. The molecule has 19 heavy (non-hydrogen) atoms. The zero-order chi connectivity index (χ0) is 13.9. The minimum absolute atomic E-state index is 0.0952. The van der Waals surface area contributed by atoms with E-state index in [1.165, 1.54) is 0 Å². The van der Waals surface area contributed by atoms with E-state index in [1.807, 2.05) is 17.9 Å². The molecule has 1 aliphatic heterocycles. The number of amides is 1. The number of nitrogens with zero attached hydrogens (tertiary/aromatic N) is 3. The van der Waals surface area contributed by atoms with Crippen LogP contribution in [0.2, 0.25) is 0 Å². The van der Waals surface area contributed by atoms with Gasteiger partial charge in [-0.3, -0.25) is 9.48 Å². The second kappa shape index (κ2) is 5.74. The molecule has 0 aromatic carbocycles. The van der Waals surface area contributed by atoms with Crippen molar-refractivity contribution < 1.29 is 9.90 Å². The summed E-state index contributed by atoms with van der Waals surface area (Å²) >= 11 is 0. The van der Waals surface area contributed by atoms with E-state index in [9.17, 15) is 9.90 Å². The molecule has 1 fully saturated rings. The molecule has 1 aliphatic rings. The fraction of sp³-hybridized carbons (Fsp3) is 0.714. The number of aliphatic hydroxyl groups is 1. The summed E-state index contributed by atoms with van der Waals surface area (Å²) in [5.41, 5.74) is 0.891. The van der Waals surface area contributed by atoms with Gasteiger partial charge in [0.15, 0.2) is 0 Å². The first-order chi connectivity index (χ1) is 9.10. The van der Waals surface area contributed by atoms with Crippen molar-refractivity contribution in [3.8, 4) is 0 Å². The van der Waals surface area contributed by atoms with Gasteiger partial charge in [-0.05, 0) is 32.3 Å². The highest BCUT2D eigenvalue weighted by Crippen LogP contribution is 2.32. The molecule has 0 unspecified atom stereocenters. The average Bonchev–Trinajstić information content (AvgIpc) is 2.84. The van der Waals surface area contributed by atoms with Crippen LogP contribution in [0.25, 0.3) is 0 Å². The largest absolute Gasteiger partial charge is 0.396 e. The molecule has 0 radical (unpaired) electrons. The second-order valence-electron chi connectivity index (χ2n) is 5.56. The minimum atomic E-state index is -0.104. The van der Waals surface area contributed by atoms with E-state index in [4.69, 9.17) is 0 Å². The maximum atomic E-state index is 12.3. The molecule has 1 aromatic rings. The third kappa shape index (κ3) is 2.97. The van der Waals surface area contributed by atoms with Crippen molar-refractivity contribution >= 4 is 5.91 Å². The number of carbonyl (C=O) groups excluding carboxylic acids is 1. The molecule has 1 amide bonds. The van der Waals surface area contributed by atoms with Gasteiger partial charge in [0.2, 0.25) is 5.91 Å². The van der Waals surface area contributed by atoms with E-state index in [0.717, 1.165) is 31.5 Å². The van der Waals surface area contributed by atoms with Crippen molar-refractivity contribution in [1.82, 2.24) is 14.7 Å². The third-order valence-electron chi connectivity index (χ3n) is 4.31. The van der Waals surface area contributed by atoms with Crippen molar-refractivity contribution in [1.29, 1.82) is 0 Å². The quantitative estimate of drug-likeness (QED) is 0.890. The van der Waals surface area contributed by atoms with Crippen LogP contribution in [0.15, 0.2) is 12.3 Å². The molecule has 0 aliphatic carbocycles. The standard InChI is InChI=1S/C14H23N3O2/c1-3-14(11-18)6-4-8-16(10-14)13(19)9-17-12(2)5-7-15-17/h5,7,18H,3-4,6,8-11H2,1-2H3/t14-/m0/s1. The first kappa shape index (κ1) is 14.1. The van der Waals surface area contributed by atoms with Gasteiger partial charge in [0.1, 0.15) is 6.54 Å². The lowest BCUT2D eigenvalue weighted by atomic mass is 9.78. The predicted octanol–water partition coefficient (Wildman–Crippen LogP) is 1.20. The van der Waals surface area contributed by atoms with Crippen LogP contribution in [-0.2, 0) is 11.3 Å². The number of aromatic nitrogens is 2. The van der Waals surface area contributed by atoms with Crippen LogP contribution in [0, 0.1) is 12.3 Å². The van der Waals surface area contributed by atoms with Gasteiger partial charge in [0.25, 0.3) is 0 Å². The first-order valence-electron chi connectivity index (χ1n) is 6.97. The maximum absolute atomic E-state index is 12.3. The fourth-order valence-electron chi connectivity index (χ4n) is 2.74. The Morgan fingerprint density at radius 2 is 2.37 bits per heavy atom. The molecule has 1 saturated heterocycles. The SMILES string of the molecule is CC[C@]1(CO)CCCN(C(=O)Cn2nccc2C)C1. The molecule has 0 spiro atoms. The second-order valence-corrected chi connectivity index (χ2v) is 5.56. The van der Waals surface area contributed by atoms with Gasteiger partial charge in [-0.25, -0.2) is 0 Å². The molecule has 1 atom stereocenters. The van der Waals surface area contributed by atoms with Crippen LogP contribution < -0.4 is 0 Å². The normalized spacial score (nSPS) is 23.6. The minimum Gasteiger partial charge on any atom is -0.396 e. The van der Waals surface area contributed by atoms with Crippen molar-refractivity contribution in [2.75, 3.05) is 19.7 Å². The smallest absolute Gasteiger partial charge is 0.244 e. The summed E-state index contributed by atoms with van der Waals surface area (Å²) in [6.45, 7) is 5.95. The Morgan fingerprint density at radius 1 is 1.58 bits per heavy atom. The Morgan fingerprint density at radius 3 is 2.95 bits per heavy atom. The highest BCUT2D eigenvalue weighted by Gasteiger charge is 2.35. The Bertz CT molecular complexity index is 438. The summed E-state index contributed by atoms with van der Waals surface area (Å²) in [5, 5.41) is 13.7. The van der Waals surface area contributed by atoms with Crippen LogP contribution in [-0.4, -0.2) is 45.4 Å². The summed E-state index contributed by atoms with van der Waals surface area (Å²) in [6.07, 6.45) is 4.60. The molecule has 0 bridgehead atoms. The van der Waals surface area contributed by atoms with Gasteiger partial charge < -0.3 is 10.0 Å². The van der Waals surface area contributed by atoms with E-state index < -0.39 is 0 Å². The monoisotopic (exact) mass is 265 g/mol. The summed E-state index contributed by atoms with van der Waals surface area (Å²) in [6, 6.07) is 1.90. The van der Waals surface area contributed by atoms with Crippen LogP contribution >= 0.6 is 0 Å². The topological polar surface area (TPSA) is 58.4 Å². The first-order valence-corrected chi connectivity index (χ1v) is 6.97. The van der Waals surface area contributed by atoms with Crippen LogP contribution in [0.4, 0.5) is 0 Å². The van der Waals surface area contributed by atoms with E-state index in [1.54, 1.807) is 10.9 Å². The molecule has 1 aromatic heterocycles. The van der Waals surface area contributed by atoms with E-state index in [2.05, 4.69) is 12.0 Å². The Balaban J connectivity index is 2.01. The summed E-state index contributed by atoms with van der Waals surface area (Å²) in [4.78, 5) is 14.2. The highest BCUT2D eigenvalue weighted by atomic mass is 16.3. The van der Waals surface area contributed by atoms with Gasteiger partial charge in [-0.1, -0.05) is 6.92 Å². The molecule has 1 N–H and O–H groups in total. The summed E-state index contributed by atoms with van der Waals surface area (Å²) in [5.74, 6) is 0.0952. The van der Waals surface area contributed by atoms with Crippen LogP contribution in [0.3, 0.4) is 0 Å².